The molecule has 100 valence electrons. The number of aromatic amines is 1. The van der Waals surface area contributed by atoms with Crippen molar-refractivity contribution in [2.24, 2.45) is 5.92 Å². The van der Waals surface area contributed by atoms with Gasteiger partial charge in [-0.05, 0) is 18.4 Å². The second-order valence-corrected chi connectivity index (χ2v) is 5.30. The van der Waals surface area contributed by atoms with Gasteiger partial charge in [0.05, 0.1) is 5.52 Å². The molecular formula is C15H17NO3. The Kier molecular flexibility index (Phi) is 2.93. The molecule has 0 unspecified atom stereocenters. The number of benzene rings is 1. The third-order valence-corrected chi connectivity index (χ3v) is 3.18. The van der Waals surface area contributed by atoms with Crippen LogP contribution in [0.15, 0.2) is 23.0 Å². The Morgan fingerprint density at radius 3 is 2.53 bits per heavy atom. The molecule has 1 aromatic heterocycles. The van der Waals surface area contributed by atoms with Crippen LogP contribution in [0.3, 0.4) is 0 Å². The smallest absolute Gasteiger partial charge is 0.189 e. The van der Waals surface area contributed by atoms with E-state index in [9.17, 15) is 4.79 Å². The second-order valence-electron chi connectivity index (χ2n) is 5.30. The molecule has 0 saturated heterocycles. The van der Waals surface area contributed by atoms with E-state index in [1.54, 1.807) is 12.1 Å². The van der Waals surface area contributed by atoms with E-state index in [-0.39, 0.29) is 5.43 Å². The Hall–Kier alpha value is -1.97. The predicted molar refractivity (Wildman–Crippen MR) is 74.1 cm³/mol. The molecule has 2 heterocycles. The lowest BCUT2D eigenvalue weighted by Gasteiger charge is -2.19. The minimum absolute atomic E-state index is 0.0290. The van der Waals surface area contributed by atoms with Gasteiger partial charge in [0.2, 0.25) is 0 Å². The normalized spacial score (nSPS) is 14.1. The highest BCUT2D eigenvalue weighted by Gasteiger charge is 2.14. The first-order valence-electron chi connectivity index (χ1n) is 6.59. The van der Waals surface area contributed by atoms with Crippen LogP contribution in [-0.4, -0.2) is 18.2 Å². The molecule has 0 atom stereocenters. The van der Waals surface area contributed by atoms with E-state index < -0.39 is 0 Å². The van der Waals surface area contributed by atoms with Gasteiger partial charge in [-0.3, -0.25) is 4.79 Å². The maximum atomic E-state index is 12.2. The molecular weight excluding hydrogens is 242 g/mol. The number of hydrogen-bond donors (Lipinski definition) is 1. The molecule has 0 radical (unpaired) electrons. The topological polar surface area (TPSA) is 51.3 Å². The third kappa shape index (κ3) is 2.30. The number of nitrogens with one attached hydrogen (secondary N) is 1. The Morgan fingerprint density at radius 2 is 1.84 bits per heavy atom. The summed E-state index contributed by atoms with van der Waals surface area (Å²) in [5.74, 6) is 1.86. The van der Waals surface area contributed by atoms with Crippen LogP contribution in [0, 0.1) is 5.92 Å². The van der Waals surface area contributed by atoms with E-state index in [0.717, 1.165) is 17.6 Å². The zero-order valence-corrected chi connectivity index (χ0v) is 11.2. The van der Waals surface area contributed by atoms with Gasteiger partial charge in [0.25, 0.3) is 0 Å². The largest absolute Gasteiger partial charge is 0.486 e. The number of H-pyrrole nitrogens is 1. The first kappa shape index (κ1) is 12.1. The molecule has 1 aliphatic rings. The summed E-state index contributed by atoms with van der Waals surface area (Å²) in [6.45, 7) is 5.34. The number of aromatic nitrogens is 1. The van der Waals surface area contributed by atoms with E-state index in [1.807, 2.05) is 6.07 Å². The fraction of sp³-hybridized carbons (Fsp3) is 0.400. The molecule has 0 bridgehead atoms. The molecule has 1 aromatic carbocycles. The van der Waals surface area contributed by atoms with Crippen LogP contribution < -0.4 is 14.9 Å². The van der Waals surface area contributed by atoms with Crippen molar-refractivity contribution < 1.29 is 9.47 Å². The van der Waals surface area contributed by atoms with Crippen molar-refractivity contribution in [1.29, 1.82) is 0 Å². The van der Waals surface area contributed by atoms with E-state index in [2.05, 4.69) is 18.8 Å². The molecule has 1 aliphatic heterocycles. The number of pyridine rings is 1. The van der Waals surface area contributed by atoms with Gasteiger partial charge in [0, 0.05) is 23.2 Å². The number of ether oxygens (including phenoxy) is 2. The molecule has 0 saturated carbocycles. The van der Waals surface area contributed by atoms with Crippen LogP contribution in [0.2, 0.25) is 0 Å². The van der Waals surface area contributed by atoms with Crippen LogP contribution >= 0.6 is 0 Å². The third-order valence-electron chi connectivity index (χ3n) is 3.18. The maximum absolute atomic E-state index is 12.2. The molecule has 0 aliphatic carbocycles. The predicted octanol–water partition coefficient (Wildman–Crippen LogP) is 2.50. The zero-order chi connectivity index (χ0) is 13.4. The van der Waals surface area contributed by atoms with Crippen molar-refractivity contribution in [1.82, 2.24) is 4.98 Å². The summed E-state index contributed by atoms with van der Waals surface area (Å²) in [4.78, 5) is 15.5. The Morgan fingerprint density at radius 1 is 1.16 bits per heavy atom. The molecule has 0 spiro atoms. The highest BCUT2D eigenvalue weighted by Crippen LogP contribution is 2.32. The van der Waals surface area contributed by atoms with Gasteiger partial charge in [-0.1, -0.05) is 13.8 Å². The van der Waals surface area contributed by atoms with Crippen LogP contribution in [0.25, 0.3) is 10.9 Å². The molecule has 19 heavy (non-hydrogen) atoms. The van der Waals surface area contributed by atoms with Crippen molar-refractivity contribution >= 4 is 10.9 Å². The van der Waals surface area contributed by atoms with Gasteiger partial charge in [-0.25, -0.2) is 0 Å². The van der Waals surface area contributed by atoms with E-state index in [1.165, 1.54) is 0 Å². The quantitative estimate of drug-likeness (QED) is 0.901. The summed E-state index contributed by atoms with van der Waals surface area (Å²) in [6, 6.07) is 5.30. The Bertz CT molecular complexity index is 673. The molecule has 3 rings (SSSR count). The zero-order valence-electron chi connectivity index (χ0n) is 11.2. The van der Waals surface area contributed by atoms with E-state index >= 15 is 0 Å². The summed E-state index contributed by atoms with van der Waals surface area (Å²) < 4.78 is 11.0. The minimum Gasteiger partial charge on any atom is -0.486 e. The first-order valence-corrected chi connectivity index (χ1v) is 6.59. The van der Waals surface area contributed by atoms with Crippen LogP contribution in [0.4, 0.5) is 0 Å². The van der Waals surface area contributed by atoms with Crippen molar-refractivity contribution in [3.8, 4) is 11.5 Å². The number of rotatable bonds is 2. The summed E-state index contributed by atoms with van der Waals surface area (Å²) in [7, 11) is 0. The van der Waals surface area contributed by atoms with E-state index in [0.29, 0.717) is 36.0 Å². The molecule has 0 fully saturated rings. The second kappa shape index (κ2) is 4.61. The number of hydrogen-bond acceptors (Lipinski definition) is 3. The van der Waals surface area contributed by atoms with Crippen molar-refractivity contribution in [2.75, 3.05) is 13.2 Å². The minimum atomic E-state index is 0.0290. The average Bonchev–Trinajstić information content (AvgIpc) is 2.36. The van der Waals surface area contributed by atoms with Gasteiger partial charge >= 0.3 is 0 Å². The lowest BCUT2D eigenvalue weighted by molar-refractivity contribution is 0.172. The van der Waals surface area contributed by atoms with Gasteiger partial charge in [-0.15, -0.1) is 0 Å². The highest BCUT2D eigenvalue weighted by molar-refractivity contribution is 5.82. The fourth-order valence-corrected chi connectivity index (χ4v) is 2.39. The Balaban J connectivity index is 2.16. The lowest BCUT2D eigenvalue weighted by atomic mass is 10.1. The van der Waals surface area contributed by atoms with Gasteiger partial charge < -0.3 is 14.5 Å². The standard InChI is InChI=1S/C15H17NO3/c1-9(2)5-10-6-13(17)11-7-14-15(8-12(11)16-10)19-4-3-18-14/h6-9H,3-5H2,1-2H3,(H,16,17). The summed E-state index contributed by atoms with van der Waals surface area (Å²) in [6.07, 6.45) is 0.861. The van der Waals surface area contributed by atoms with E-state index in [4.69, 9.17) is 9.47 Å². The summed E-state index contributed by atoms with van der Waals surface area (Å²) in [5, 5.41) is 0.650. The summed E-state index contributed by atoms with van der Waals surface area (Å²) >= 11 is 0. The van der Waals surface area contributed by atoms with Crippen molar-refractivity contribution in [3.05, 3.63) is 34.1 Å². The van der Waals surface area contributed by atoms with Crippen LogP contribution in [0.1, 0.15) is 19.5 Å². The Labute approximate surface area is 111 Å². The van der Waals surface area contributed by atoms with Crippen molar-refractivity contribution in [3.63, 3.8) is 0 Å². The SMILES string of the molecule is CC(C)Cc1cc(=O)c2cc3c(cc2[nH]1)OCCO3. The number of fused-ring (bicyclic) bond motifs is 2. The average molecular weight is 259 g/mol. The monoisotopic (exact) mass is 259 g/mol. The fourth-order valence-electron chi connectivity index (χ4n) is 2.39. The van der Waals surface area contributed by atoms with Crippen LogP contribution in [-0.2, 0) is 6.42 Å². The molecule has 0 amide bonds. The molecule has 2 aromatic rings. The first-order chi connectivity index (χ1) is 9.13. The van der Waals surface area contributed by atoms with Gasteiger partial charge in [0.1, 0.15) is 13.2 Å². The van der Waals surface area contributed by atoms with Gasteiger partial charge in [0.15, 0.2) is 16.9 Å². The van der Waals surface area contributed by atoms with Gasteiger partial charge in [-0.2, -0.15) is 0 Å². The molecule has 4 heteroatoms. The highest BCUT2D eigenvalue weighted by atomic mass is 16.6. The van der Waals surface area contributed by atoms with Crippen LogP contribution in [0.5, 0.6) is 11.5 Å². The molecule has 4 nitrogen and oxygen atoms in total. The lowest BCUT2D eigenvalue weighted by Crippen LogP contribution is -2.16. The molecule has 1 N–H and O–H groups in total. The maximum Gasteiger partial charge on any atom is 0.189 e. The van der Waals surface area contributed by atoms with Crippen molar-refractivity contribution in [2.45, 2.75) is 20.3 Å². The summed E-state index contributed by atoms with van der Waals surface area (Å²) in [5.41, 5.74) is 1.80.